The van der Waals surface area contributed by atoms with Crippen molar-refractivity contribution in [2.24, 2.45) is 0 Å². The van der Waals surface area contributed by atoms with Crippen molar-refractivity contribution in [3.05, 3.63) is 29.6 Å². The van der Waals surface area contributed by atoms with Gasteiger partial charge in [-0.3, -0.25) is 0 Å². The van der Waals surface area contributed by atoms with Gasteiger partial charge in [0.2, 0.25) is 0 Å². The van der Waals surface area contributed by atoms with Crippen molar-refractivity contribution >= 4 is 5.69 Å². The highest BCUT2D eigenvalue weighted by Gasteiger charge is 2.15. The molecular weight excluding hydrogens is 255 g/mol. The minimum Gasteiger partial charge on any atom is -0.383 e. The third-order valence-electron chi connectivity index (χ3n) is 3.69. The van der Waals surface area contributed by atoms with Gasteiger partial charge in [0.1, 0.15) is 5.82 Å². The molecule has 114 valence electrons. The van der Waals surface area contributed by atoms with Crippen molar-refractivity contribution in [2.45, 2.75) is 39.3 Å². The molecule has 1 aromatic carbocycles. The number of hydrogen-bond acceptors (Lipinski definition) is 3. The Morgan fingerprint density at radius 2 is 2.00 bits per heavy atom. The lowest BCUT2D eigenvalue weighted by atomic mass is 10.1. The van der Waals surface area contributed by atoms with Crippen LogP contribution < -0.4 is 10.2 Å². The minimum absolute atomic E-state index is 0.148. The zero-order valence-electron chi connectivity index (χ0n) is 13.1. The van der Waals surface area contributed by atoms with E-state index in [9.17, 15) is 4.39 Å². The van der Waals surface area contributed by atoms with Crippen molar-refractivity contribution in [2.75, 3.05) is 32.2 Å². The van der Waals surface area contributed by atoms with Crippen LogP contribution in [0.25, 0.3) is 0 Å². The summed E-state index contributed by atoms with van der Waals surface area (Å²) in [6.07, 6.45) is 2.04. The van der Waals surface area contributed by atoms with E-state index in [4.69, 9.17) is 4.74 Å². The molecule has 0 atom stereocenters. The molecule has 0 bridgehead atoms. The van der Waals surface area contributed by atoms with Crippen LogP contribution in [-0.2, 0) is 11.3 Å². The summed E-state index contributed by atoms with van der Waals surface area (Å²) >= 11 is 0. The molecule has 3 nitrogen and oxygen atoms in total. The van der Waals surface area contributed by atoms with E-state index in [1.165, 1.54) is 0 Å². The van der Waals surface area contributed by atoms with Crippen LogP contribution in [0.3, 0.4) is 0 Å². The zero-order valence-corrected chi connectivity index (χ0v) is 13.1. The van der Waals surface area contributed by atoms with Crippen LogP contribution in [0, 0.1) is 5.82 Å². The van der Waals surface area contributed by atoms with Gasteiger partial charge in [0.05, 0.1) is 12.3 Å². The lowest BCUT2D eigenvalue weighted by Crippen LogP contribution is -2.31. The number of methoxy groups -OCH3 is 1. The molecule has 0 saturated carbocycles. The molecule has 0 amide bonds. The van der Waals surface area contributed by atoms with E-state index in [0.29, 0.717) is 24.9 Å². The summed E-state index contributed by atoms with van der Waals surface area (Å²) in [4.78, 5) is 2.04. The number of hydrogen-bond donors (Lipinski definition) is 1. The topological polar surface area (TPSA) is 24.5 Å². The maximum Gasteiger partial charge on any atom is 0.146 e. The smallest absolute Gasteiger partial charge is 0.146 e. The van der Waals surface area contributed by atoms with Gasteiger partial charge in [-0.05, 0) is 30.5 Å². The molecule has 0 aromatic heterocycles. The Morgan fingerprint density at radius 1 is 1.30 bits per heavy atom. The molecule has 0 radical (unpaired) electrons. The van der Waals surface area contributed by atoms with E-state index in [2.05, 4.69) is 19.2 Å². The van der Waals surface area contributed by atoms with Gasteiger partial charge in [-0.15, -0.1) is 0 Å². The molecule has 0 heterocycles. The van der Waals surface area contributed by atoms with Gasteiger partial charge in [-0.25, -0.2) is 4.39 Å². The Bertz CT molecular complexity index is 394. The van der Waals surface area contributed by atoms with Crippen molar-refractivity contribution < 1.29 is 9.13 Å². The quantitative estimate of drug-likeness (QED) is 0.704. The van der Waals surface area contributed by atoms with E-state index < -0.39 is 0 Å². The predicted molar refractivity (Wildman–Crippen MR) is 82.8 cm³/mol. The molecule has 1 N–H and O–H groups in total. The van der Waals surface area contributed by atoms with Gasteiger partial charge in [-0.1, -0.05) is 19.9 Å². The fourth-order valence-electron chi connectivity index (χ4n) is 2.39. The SMILES string of the molecule is CCC(CC)N(C)c1ccc(CNCCOC)cc1F. The Hall–Kier alpha value is -1.13. The molecule has 20 heavy (non-hydrogen) atoms. The summed E-state index contributed by atoms with van der Waals surface area (Å²) < 4.78 is 19.2. The van der Waals surface area contributed by atoms with Gasteiger partial charge >= 0.3 is 0 Å². The Morgan fingerprint density at radius 3 is 2.55 bits per heavy atom. The lowest BCUT2D eigenvalue weighted by molar-refractivity contribution is 0.199. The van der Waals surface area contributed by atoms with Gasteiger partial charge in [0.15, 0.2) is 0 Å². The molecule has 1 aromatic rings. The van der Waals surface area contributed by atoms with Crippen molar-refractivity contribution in [3.63, 3.8) is 0 Å². The van der Waals surface area contributed by atoms with Crippen LogP contribution in [0.5, 0.6) is 0 Å². The lowest BCUT2D eigenvalue weighted by Gasteiger charge is -2.29. The summed E-state index contributed by atoms with van der Waals surface area (Å²) in [5.74, 6) is -0.148. The summed E-state index contributed by atoms with van der Waals surface area (Å²) in [5.41, 5.74) is 1.64. The van der Waals surface area contributed by atoms with Gasteiger partial charge in [0, 0.05) is 33.3 Å². The normalized spacial score (nSPS) is 11.1. The van der Waals surface area contributed by atoms with Crippen LogP contribution in [0.15, 0.2) is 18.2 Å². The molecule has 4 heteroatoms. The highest BCUT2D eigenvalue weighted by atomic mass is 19.1. The van der Waals surface area contributed by atoms with E-state index in [1.807, 2.05) is 24.1 Å². The van der Waals surface area contributed by atoms with Gasteiger partial charge < -0.3 is 15.0 Å². The maximum absolute atomic E-state index is 14.2. The summed E-state index contributed by atoms with van der Waals surface area (Å²) in [6, 6.07) is 5.86. The zero-order chi connectivity index (χ0) is 15.0. The molecular formula is C16H27FN2O. The monoisotopic (exact) mass is 282 g/mol. The second kappa shape index (κ2) is 8.93. The number of rotatable bonds is 9. The summed E-state index contributed by atoms with van der Waals surface area (Å²) in [7, 11) is 3.64. The second-order valence-electron chi connectivity index (χ2n) is 5.04. The van der Waals surface area contributed by atoms with Crippen LogP contribution >= 0.6 is 0 Å². The van der Waals surface area contributed by atoms with Crippen LogP contribution in [0.2, 0.25) is 0 Å². The summed E-state index contributed by atoms with van der Waals surface area (Å²) in [6.45, 7) is 6.37. The molecule has 1 rings (SSSR count). The highest BCUT2D eigenvalue weighted by molar-refractivity contribution is 5.49. The Balaban J connectivity index is 2.67. The van der Waals surface area contributed by atoms with Crippen LogP contribution in [0.4, 0.5) is 10.1 Å². The number of nitrogens with zero attached hydrogens (tertiary/aromatic N) is 1. The van der Waals surface area contributed by atoms with Crippen LogP contribution in [0.1, 0.15) is 32.3 Å². The average Bonchev–Trinajstić information content (AvgIpc) is 2.45. The molecule has 0 aliphatic rings. The van der Waals surface area contributed by atoms with E-state index in [-0.39, 0.29) is 5.82 Å². The maximum atomic E-state index is 14.2. The van der Waals surface area contributed by atoms with Gasteiger partial charge in [0.25, 0.3) is 0 Å². The second-order valence-corrected chi connectivity index (χ2v) is 5.04. The summed E-state index contributed by atoms with van der Waals surface area (Å²) in [5, 5.41) is 3.22. The first-order valence-corrected chi connectivity index (χ1v) is 7.34. The highest BCUT2D eigenvalue weighted by Crippen LogP contribution is 2.23. The third kappa shape index (κ3) is 4.76. The first-order valence-electron chi connectivity index (χ1n) is 7.34. The largest absolute Gasteiger partial charge is 0.383 e. The number of benzene rings is 1. The average molecular weight is 282 g/mol. The molecule has 0 aliphatic heterocycles. The van der Waals surface area contributed by atoms with Crippen molar-refractivity contribution in [1.29, 1.82) is 0 Å². The van der Waals surface area contributed by atoms with Crippen LogP contribution in [-0.4, -0.2) is 33.4 Å². The molecule has 0 unspecified atom stereocenters. The number of anilines is 1. The van der Waals surface area contributed by atoms with E-state index in [0.717, 1.165) is 24.9 Å². The number of halogens is 1. The molecule has 0 saturated heterocycles. The first kappa shape index (κ1) is 16.9. The van der Waals surface area contributed by atoms with Crippen molar-refractivity contribution in [3.8, 4) is 0 Å². The van der Waals surface area contributed by atoms with E-state index in [1.54, 1.807) is 13.2 Å². The van der Waals surface area contributed by atoms with Crippen molar-refractivity contribution in [1.82, 2.24) is 5.32 Å². The Labute approximate surface area is 122 Å². The predicted octanol–water partition coefficient (Wildman–Crippen LogP) is 3.19. The minimum atomic E-state index is -0.148. The molecule has 0 fully saturated rings. The third-order valence-corrected chi connectivity index (χ3v) is 3.69. The fraction of sp³-hybridized carbons (Fsp3) is 0.625. The van der Waals surface area contributed by atoms with Gasteiger partial charge in [-0.2, -0.15) is 0 Å². The molecule has 0 spiro atoms. The fourth-order valence-corrected chi connectivity index (χ4v) is 2.39. The standard InChI is InChI=1S/C16H27FN2O/c1-5-14(6-2)19(3)16-8-7-13(11-15(16)17)12-18-9-10-20-4/h7-8,11,14,18H,5-6,9-10,12H2,1-4H3. The van der Waals surface area contributed by atoms with E-state index >= 15 is 0 Å². The number of nitrogens with one attached hydrogen (secondary N) is 1. The number of ether oxygens (including phenoxy) is 1. The molecule has 0 aliphatic carbocycles. The first-order chi connectivity index (χ1) is 9.63. The Kier molecular flexibility index (Phi) is 7.55.